The SMILES string of the molecule is CCCCCCCCCC/C=C/C=C/C1OC1c1cccc(C(=O)OC)c1. The molecule has 1 fully saturated rings. The lowest BCUT2D eigenvalue weighted by molar-refractivity contribution is 0.0600. The Labute approximate surface area is 164 Å². The highest BCUT2D eigenvalue weighted by Crippen LogP contribution is 2.39. The Morgan fingerprint density at radius 2 is 1.81 bits per heavy atom. The third-order valence-corrected chi connectivity index (χ3v) is 4.93. The zero-order valence-electron chi connectivity index (χ0n) is 16.9. The summed E-state index contributed by atoms with van der Waals surface area (Å²) < 4.78 is 10.5. The number of esters is 1. The van der Waals surface area contributed by atoms with Crippen LogP contribution in [0.5, 0.6) is 0 Å². The van der Waals surface area contributed by atoms with Gasteiger partial charge in [0, 0.05) is 0 Å². The van der Waals surface area contributed by atoms with E-state index in [0.29, 0.717) is 5.56 Å². The molecule has 1 aromatic carbocycles. The van der Waals surface area contributed by atoms with Crippen molar-refractivity contribution in [3.8, 4) is 0 Å². The third-order valence-electron chi connectivity index (χ3n) is 4.93. The molecule has 0 bridgehead atoms. The molecule has 1 saturated heterocycles. The Balaban J connectivity index is 1.58. The monoisotopic (exact) mass is 370 g/mol. The summed E-state index contributed by atoms with van der Waals surface area (Å²) in [5.74, 6) is -0.312. The number of allylic oxidation sites excluding steroid dienone is 3. The van der Waals surface area contributed by atoms with Gasteiger partial charge in [0.15, 0.2) is 0 Å². The van der Waals surface area contributed by atoms with E-state index in [0.717, 1.165) is 12.0 Å². The molecule has 1 aromatic rings. The molecule has 27 heavy (non-hydrogen) atoms. The van der Waals surface area contributed by atoms with Crippen molar-refractivity contribution < 1.29 is 14.3 Å². The molecule has 0 spiro atoms. The Morgan fingerprint density at radius 1 is 1.07 bits per heavy atom. The minimum absolute atomic E-state index is 0.0481. The number of epoxide rings is 1. The van der Waals surface area contributed by atoms with Crippen LogP contribution in [0.1, 0.15) is 86.7 Å². The molecule has 0 saturated carbocycles. The molecule has 0 amide bonds. The van der Waals surface area contributed by atoms with Crippen molar-refractivity contribution in [2.45, 2.75) is 76.9 Å². The van der Waals surface area contributed by atoms with Gasteiger partial charge in [-0.2, -0.15) is 0 Å². The van der Waals surface area contributed by atoms with Crippen molar-refractivity contribution >= 4 is 5.97 Å². The molecule has 2 rings (SSSR count). The standard InChI is InChI=1S/C24H34O3/c1-3-4-5-6-7-8-9-10-11-12-13-14-18-22-23(27-22)20-16-15-17-21(19-20)24(25)26-2/h12-19,22-23H,3-11H2,1-2H3/b13-12+,18-14+. The van der Waals surface area contributed by atoms with Crippen molar-refractivity contribution in [3.05, 3.63) is 59.7 Å². The van der Waals surface area contributed by atoms with Crippen LogP contribution < -0.4 is 0 Å². The van der Waals surface area contributed by atoms with Crippen molar-refractivity contribution in [3.63, 3.8) is 0 Å². The van der Waals surface area contributed by atoms with Gasteiger partial charge in [-0.3, -0.25) is 0 Å². The predicted molar refractivity (Wildman–Crippen MR) is 111 cm³/mol. The van der Waals surface area contributed by atoms with Gasteiger partial charge >= 0.3 is 5.97 Å². The maximum absolute atomic E-state index is 11.6. The fourth-order valence-electron chi connectivity index (χ4n) is 3.24. The van der Waals surface area contributed by atoms with Gasteiger partial charge in [-0.25, -0.2) is 4.79 Å². The minimum atomic E-state index is -0.312. The van der Waals surface area contributed by atoms with Gasteiger partial charge in [0.25, 0.3) is 0 Å². The van der Waals surface area contributed by atoms with Crippen molar-refractivity contribution in [2.75, 3.05) is 7.11 Å². The Hall–Kier alpha value is -1.87. The van der Waals surface area contributed by atoms with Crippen molar-refractivity contribution in [1.82, 2.24) is 0 Å². The van der Waals surface area contributed by atoms with Gasteiger partial charge in [0.1, 0.15) is 12.2 Å². The average Bonchev–Trinajstić information content (AvgIpc) is 3.48. The number of carbonyl (C=O) groups is 1. The molecular weight excluding hydrogens is 336 g/mol. The first kappa shape index (κ1) is 21.4. The Bertz CT molecular complexity index is 618. The van der Waals surface area contributed by atoms with Crippen LogP contribution in [-0.2, 0) is 9.47 Å². The van der Waals surface area contributed by atoms with Crippen molar-refractivity contribution in [1.29, 1.82) is 0 Å². The van der Waals surface area contributed by atoms with E-state index >= 15 is 0 Å². The fourth-order valence-corrected chi connectivity index (χ4v) is 3.24. The lowest BCUT2D eigenvalue weighted by Crippen LogP contribution is -2.01. The smallest absolute Gasteiger partial charge is 0.337 e. The summed E-state index contributed by atoms with van der Waals surface area (Å²) in [6.45, 7) is 2.26. The summed E-state index contributed by atoms with van der Waals surface area (Å²) in [4.78, 5) is 11.6. The molecular formula is C24H34O3. The largest absolute Gasteiger partial charge is 0.465 e. The molecule has 3 nitrogen and oxygen atoms in total. The van der Waals surface area contributed by atoms with E-state index in [1.165, 1.54) is 58.5 Å². The number of methoxy groups -OCH3 is 1. The van der Waals surface area contributed by atoms with Gasteiger partial charge in [-0.1, -0.05) is 88.3 Å². The summed E-state index contributed by atoms with van der Waals surface area (Å²) in [5, 5.41) is 0. The van der Waals surface area contributed by atoms with Crippen LogP contribution in [0.4, 0.5) is 0 Å². The van der Waals surface area contributed by atoms with Gasteiger partial charge < -0.3 is 9.47 Å². The molecule has 0 aliphatic carbocycles. The van der Waals surface area contributed by atoms with Crippen LogP contribution in [0.25, 0.3) is 0 Å². The summed E-state index contributed by atoms with van der Waals surface area (Å²) >= 11 is 0. The van der Waals surface area contributed by atoms with Crippen molar-refractivity contribution in [2.24, 2.45) is 0 Å². The zero-order valence-corrected chi connectivity index (χ0v) is 16.9. The summed E-state index contributed by atoms with van der Waals surface area (Å²) in [6, 6.07) is 7.47. The number of unbranched alkanes of at least 4 members (excludes halogenated alkanes) is 8. The molecule has 148 valence electrons. The molecule has 0 aromatic heterocycles. The molecule has 2 unspecified atom stereocenters. The van der Waals surface area contributed by atoms with Gasteiger partial charge in [-0.15, -0.1) is 0 Å². The molecule has 1 aliphatic heterocycles. The van der Waals surface area contributed by atoms with E-state index in [2.05, 4.69) is 31.2 Å². The Morgan fingerprint density at radius 3 is 2.56 bits per heavy atom. The lowest BCUT2D eigenvalue weighted by Gasteiger charge is -2.01. The molecule has 0 N–H and O–H groups in total. The summed E-state index contributed by atoms with van der Waals surface area (Å²) in [6.07, 6.45) is 20.7. The zero-order chi connectivity index (χ0) is 19.3. The van der Waals surface area contributed by atoms with E-state index in [1.807, 2.05) is 18.2 Å². The number of hydrogen-bond donors (Lipinski definition) is 0. The maximum atomic E-state index is 11.6. The highest BCUT2D eigenvalue weighted by atomic mass is 16.6. The van der Waals surface area contributed by atoms with Gasteiger partial charge in [0.05, 0.1) is 12.7 Å². The summed E-state index contributed by atoms with van der Waals surface area (Å²) in [7, 11) is 1.40. The average molecular weight is 371 g/mol. The van der Waals surface area contributed by atoms with E-state index in [9.17, 15) is 4.79 Å². The topological polar surface area (TPSA) is 38.8 Å². The minimum Gasteiger partial charge on any atom is -0.465 e. The lowest BCUT2D eigenvalue weighted by atomic mass is 10.1. The third kappa shape index (κ3) is 8.13. The van der Waals surface area contributed by atoms with E-state index in [-0.39, 0.29) is 18.2 Å². The molecule has 0 radical (unpaired) electrons. The highest BCUT2D eigenvalue weighted by Gasteiger charge is 2.37. The number of benzene rings is 1. The number of carbonyl (C=O) groups excluding carboxylic acids is 1. The van der Waals surface area contributed by atoms with E-state index in [4.69, 9.17) is 9.47 Å². The molecule has 1 heterocycles. The highest BCUT2D eigenvalue weighted by molar-refractivity contribution is 5.89. The van der Waals surface area contributed by atoms with Crippen LogP contribution in [-0.4, -0.2) is 19.2 Å². The number of hydrogen-bond acceptors (Lipinski definition) is 3. The molecule has 2 atom stereocenters. The van der Waals surface area contributed by atoms with Gasteiger partial charge in [0.2, 0.25) is 0 Å². The summed E-state index contributed by atoms with van der Waals surface area (Å²) in [5.41, 5.74) is 1.59. The number of ether oxygens (including phenoxy) is 2. The Kier molecular flexibility index (Phi) is 9.93. The van der Waals surface area contributed by atoms with E-state index < -0.39 is 0 Å². The molecule has 1 aliphatic rings. The maximum Gasteiger partial charge on any atom is 0.337 e. The fraction of sp³-hybridized carbons (Fsp3) is 0.542. The number of rotatable bonds is 13. The van der Waals surface area contributed by atoms with E-state index in [1.54, 1.807) is 6.07 Å². The van der Waals surface area contributed by atoms with Crippen LogP contribution in [0.15, 0.2) is 48.6 Å². The second-order valence-electron chi connectivity index (χ2n) is 7.21. The molecule has 3 heteroatoms. The second-order valence-corrected chi connectivity index (χ2v) is 7.21. The first-order valence-electron chi connectivity index (χ1n) is 10.4. The first-order chi connectivity index (χ1) is 13.3. The normalized spacial score (nSPS) is 19.0. The second kappa shape index (κ2) is 12.5. The van der Waals surface area contributed by atoms with Gasteiger partial charge in [-0.05, 0) is 30.5 Å². The predicted octanol–water partition coefficient (Wildman–Crippen LogP) is 6.56. The van der Waals surface area contributed by atoms with Crippen LogP contribution in [0.2, 0.25) is 0 Å². The first-order valence-corrected chi connectivity index (χ1v) is 10.4. The van der Waals surface area contributed by atoms with Crippen LogP contribution in [0.3, 0.4) is 0 Å². The van der Waals surface area contributed by atoms with Crippen LogP contribution >= 0.6 is 0 Å². The van der Waals surface area contributed by atoms with Crippen LogP contribution in [0, 0.1) is 0 Å². The quantitative estimate of drug-likeness (QED) is 0.171.